The van der Waals surface area contributed by atoms with Crippen LogP contribution in [-0.2, 0) is 6.42 Å². The molecule has 0 saturated carbocycles. The molecule has 1 aliphatic rings. The lowest BCUT2D eigenvalue weighted by atomic mass is 10.0. The van der Waals surface area contributed by atoms with Crippen molar-refractivity contribution in [3.05, 3.63) is 47.6 Å². The van der Waals surface area contributed by atoms with E-state index >= 15 is 0 Å². The van der Waals surface area contributed by atoms with Crippen molar-refractivity contribution < 1.29 is 13.8 Å². The third kappa shape index (κ3) is 3.10. The zero-order chi connectivity index (χ0) is 18.1. The number of carbonyl (C=O) groups is 1. The third-order valence-corrected chi connectivity index (χ3v) is 4.71. The lowest BCUT2D eigenvalue weighted by Gasteiger charge is -2.14. The van der Waals surface area contributed by atoms with Gasteiger partial charge in [-0.2, -0.15) is 0 Å². The Kier molecular flexibility index (Phi) is 4.24. The topological polar surface area (TPSA) is 98.2 Å². The van der Waals surface area contributed by atoms with Gasteiger partial charge in [-0.25, -0.2) is 0 Å². The Morgan fingerprint density at radius 3 is 2.81 bits per heavy atom. The Balaban J connectivity index is 1.40. The van der Waals surface area contributed by atoms with Crippen LogP contribution in [0.15, 0.2) is 33.7 Å². The first-order valence-electron chi connectivity index (χ1n) is 8.56. The third-order valence-electron chi connectivity index (χ3n) is 4.71. The molecular weight excluding hydrogens is 334 g/mol. The van der Waals surface area contributed by atoms with Gasteiger partial charge in [0, 0.05) is 25.4 Å². The Morgan fingerprint density at radius 1 is 1.27 bits per heavy atom. The van der Waals surface area contributed by atoms with E-state index in [-0.39, 0.29) is 11.7 Å². The van der Waals surface area contributed by atoms with Crippen LogP contribution in [0, 0.1) is 19.8 Å². The van der Waals surface area contributed by atoms with Crippen molar-refractivity contribution in [3.63, 3.8) is 0 Å². The molecule has 4 heterocycles. The monoisotopic (exact) mass is 353 g/mol. The summed E-state index contributed by atoms with van der Waals surface area (Å²) in [6, 6.07) is 1.59. The summed E-state index contributed by atoms with van der Waals surface area (Å²) < 4.78 is 10.1. The smallest absolute Gasteiger partial charge is 0.292 e. The number of hydrogen-bond donors (Lipinski definition) is 0. The molecule has 0 aromatic carbocycles. The highest BCUT2D eigenvalue weighted by Crippen LogP contribution is 2.25. The number of nitrogens with zero attached hydrogens (tertiary/aromatic N) is 5. The predicted octanol–water partition coefficient (Wildman–Crippen LogP) is 2.44. The fraction of sp³-hybridized carbons (Fsp3) is 0.389. The molecule has 3 aromatic rings. The molecule has 1 fully saturated rings. The molecule has 0 bridgehead atoms. The average molecular weight is 353 g/mol. The second kappa shape index (κ2) is 6.70. The summed E-state index contributed by atoms with van der Waals surface area (Å²) in [5.41, 5.74) is 3.38. The zero-order valence-electron chi connectivity index (χ0n) is 14.7. The first kappa shape index (κ1) is 16.4. The standard InChI is InChI=1S/C18H19N5O3/c1-11-17(12(2)25-22-11)15-9-19-14(8-20-15)7-13-4-6-23(10-13)18(24)16-3-5-21-26-16/h3,5,8-9,13H,4,6-7,10H2,1-2H3/t13-/m1/s1. The quantitative estimate of drug-likeness (QED) is 0.710. The van der Waals surface area contributed by atoms with Gasteiger partial charge in [0.15, 0.2) is 0 Å². The van der Waals surface area contributed by atoms with Crippen LogP contribution in [-0.4, -0.2) is 44.2 Å². The highest BCUT2D eigenvalue weighted by atomic mass is 16.5. The van der Waals surface area contributed by atoms with Crippen LogP contribution < -0.4 is 0 Å². The van der Waals surface area contributed by atoms with Gasteiger partial charge in [0.05, 0.1) is 35.0 Å². The van der Waals surface area contributed by atoms with Crippen LogP contribution >= 0.6 is 0 Å². The normalized spacial score (nSPS) is 17.0. The Morgan fingerprint density at radius 2 is 2.15 bits per heavy atom. The molecule has 1 atom stereocenters. The van der Waals surface area contributed by atoms with E-state index in [1.54, 1.807) is 23.4 Å². The van der Waals surface area contributed by atoms with Gasteiger partial charge in [-0.05, 0) is 32.6 Å². The highest BCUT2D eigenvalue weighted by molar-refractivity contribution is 5.91. The van der Waals surface area contributed by atoms with E-state index in [2.05, 4.69) is 20.3 Å². The second-order valence-corrected chi connectivity index (χ2v) is 6.58. The molecule has 134 valence electrons. The lowest BCUT2D eigenvalue weighted by molar-refractivity contribution is 0.0745. The highest BCUT2D eigenvalue weighted by Gasteiger charge is 2.29. The van der Waals surface area contributed by atoms with Gasteiger partial charge in [-0.3, -0.25) is 14.8 Å². The summed E-state index contributed by atoms with van der Waals surface area (Å²) in [5, 5.41) is 7.54. The van der Waals surface area contributed by atoms with E-state index in [9.17, 15) is 4.79 Å². The molecule has 8 nitrogen and oxygen atoms in total. The maximum Gasteiger partial charge on any atom is 0.292 e. The fourth-order valence-electron chi connectivity index (χ4n) is 3.40. The molecule has 26 heavy (non-hydrogen) atoms. The molecule has 1 amide bonds. The first-order valence-corrected chi connectivity index (χ1v) is 8.56. The fourth-order valence-corrected chi connectivity index (χ4v) is 3.40. The van der Waals surface area contributed by atoms with Crippen molar-refractivity contribution >= 4 is 5.91 Å². The number of likely N-dealkylation sites (tertiary alicyclic amines) is 1. The van der Waals surface area contributed by atoms with Crippen LogP contribution in [0.25, 0.3) is 11.3 Å². The van der Waals surface area contributed by atoms with Gasteiger partial charge in [0.2, 0.25) is 5.76 Å². The first-order chi connectivity index (χ1) is 12.6. The maximum atomic E-state index is 12.3. The SMILES string of the molecule is Cc1noc(C)c1-c1cnc(C[C@H]2CCN(C(=O)c3ccno3)C2)cn1. The summed E-state index contributed by atoms with van der Waals surface area (Å²) in [6.45, 7) is 5.16. The van der Waals surface area contributed by atoms with Crippen molar-refractivity contribution in [1.82, 2.24) is 25.2 Å². The molecular formula is C18H19N5O3. The molecule has 8 heteroatoms. The van der Waals surface area contributed by atoms with E-state index in [1.807, 2.05) is 13.8 Å². The largest absolute Gasteiger partial charge is 0.361 e. The maximum absolute atomic E-state index is 12.3. The molecule has 1 saturated heterocycles. The van der Waals surface area contributed by atoms with Crippen LogP contribution in [0.2, 0.25) is 0 Å². The van der Waals surface area contributed by atoms with Gasteiger partial charge in [-0.15, -0.1) is 0 Å². The van der Waals surface area contributed by atoms with Crippen LogP contribution in [0.3, 0.4) is 0 Å². The summed E-state index contributed by atoms with van der Waals surface area (Å²) in [5.74, 6) is 1.28. The molecule has 0 radical (unpaired) electrons. The number of aryl methyl sites for hydroxylation is 2. The van der Waals surface area contributed by atoms with E-state index in [1.165, 1.54) is 6.20 Å². The van der Waals surface area contributed by atoms with E-state index in [0.717, 1.165) is 47.8 Å². The van der Waals surface area contributed by atoms with E-state index < -0.39 is 0 Å². The van der Waals surface area contributed by atoms with E-state index in [0.29, 0.717) is 12.5 Å². The number of amides is 1. The molecule has 3 aromatic heterocycles. The van der Waals surface area contributed by atoms with Crippen LogP contribution in [0.5, 0.6) is 0 Å². The minimum absolute atomic E-state index is 0.107. The summed E-state index contributed by atoms with van der Waals surface area (Å²) in [7, 11) is 0. The van der Waals surface area contributed by atoms with Crippen molar-refractivity contribution in [2.24, 2.45) is 5.92 Å². The Bertz CT molecular complexity index is 882. The molecule has 0 N–H and O–H groups in total. The molecule has 1 aliphatic heterocycles. The Hall–Kier alpha value is -3.03. The second-order valence-electron chi connectivity index (χ2n) is 6.58. The lowest BCUT2D eigenvalue weighted by Crippen LogP contribution is -2.28. The number of carbonyl (C=O) groups excluding carboxylic acids is 1. The van der Waals surface area contributed by atoms with Gasteiger partial charge < -0.3 is 13.9 Å². The van der Waals surface area contributed by atoms with Gasteiger partial charge in [-0.1, -0.05) is 10.3 Å². The minimum atomic E-state index is -0.107. The summed E-state index contributed by atoms with van der Waals surface area (Å²) in [4.78, 5) is 23.1. The van der Waals surface area contributed by atoms with Gasteiger partial charge >= 0.3 is 0 Å². The molecule has 0 unspecified atom stereocenters. The van der Waals surface area contributed by atoms with Crippen molar-refractivity contribution in [1.29, 1.82) is 0 Å². The van der Waals surface area contributed by atoms with Crippen molar-refractivity contribution in [2.45, 2.75) is 26.7 Å². The minimum Gasteiger partial charge on any atom is -0.361 e. The average Bonchev–Trinajstić information content (AvgIpc) is 3.38. The molecule has 4 rings (SSSR count). The van der Waals surface area contributed by atoms with Gasteiger partial charge in [0.25, 0.3) is 5.91 Å². The number of aromatic nitrogens is 4. The number of rotatable bonds is 4. The van der Waals surface area contributed by atoms with Crippen molar-refractivity contribution in [3.8, 4) is 11.3 Å². The summed E-state index contributed by atoms with van der Waals surface area (Å²) in [6.07, 6.45) is 6.76. The van der Waals surface area contributed by atoms with Gasteiger partial charge in [0.1, 0.15) is 5.76 Å². The van der Waals surface area contributed by atoms with E-state index in [4.69, 9.17) is 9.05 Å². The molecule has 0 spiro atoms. The Labute approximate surface area is 150 Å². The van der Waals surface area contributed by atoms with Crippen LogP contribution in [0.4, 0.5) is 0 Å². The van der Waals surface area contributed by atoms with Crippen molar-refractivity contribution in [2.75, 3.05) is 13.1 Å². The van der Waals surface area contributed by atoms with Crippen LogP contribution in [0.1, 0.15) is 34.1 Å². The summed E-state index contributed by atoms with van der Waals surface area (Å²) >= 11 is 0. The molecule has 0 aliphatic carbocycles. The number of hydrogen-bond acceptors (Lipinski definition) is 7. The zero-order valence-corrected chi connectivity index (χ0v) is 14.7. The predicted molar refractivity (Wildman–Crippen MR) is 91.2 cm³/mol.